The Kier molecular flexibility index (Phi) is 4.53. The number of piperazine rings is 1. The molecular weight excluding hydrogens is 194 g/mol. The molecule has 0 saturated carbocycles. The number of carbonyl (C=O) groups excluding carboxylic acids is 1. The average Bonchev–Trinajstić information content (AvgIpc) is 2.28. The van der Waals surface area contributed by atoms with E-state index in [0.29, 0.717) is 13.0 Å². The van der Waals surface area contributed by atoms with E-state index in [4.69, 9.17) is 5.26 Å². The van der Waals surface area contributed by atoms with Gasteiger partial charge in [0.25, 0.3) is 0 Å². The lowest BCUT2D eigenvalue weighted by Gasteiger charge is -2.36. The minimum Gasteiger partial charge on any atom is -0.469 e. The minimum absolute atomic E-state index is 0.0594. The summed E-state index contributed by atoms with van der Waals surface area (Å²) in [6.45, 7) is 4.29. The Bertz CT molecular complexity index is 262. The molecule has 1 aliphatic rings. The summed E-state index contributed by atoms with van der Waals surface area (Å²) in [5, 5.41) is 12.1. The first-order valence-electron chi connectivity index (χ1n) is 5.12. The highest BCUT2D eigenvalue weighted by Gasteiger charge is 2.27. The van der Waals surface area contributed by atoms with Crippen LogP contribution in [0, 0.1) is 11.3 Å². The van der Waals surface area contributed by atoms with Crippen LogP contribution in [0.5, 0.6) is 0 Å². The first kappa shape index (κ1) is 12.0. The second-order valence-electron chi connectivity index (χ2n) is 3.72. The van der Waals surface area contributed by atoms with Crippen molar-refractivity contribution in [2.75, 3.05) is 26.7 Å². The van der Waals surface area contributed by atoms with Crippen molar-refractivity contribution in [3.05, 3.63) is 0 Å². The third-order valence-electron chi connectivity index (χ3n) is 2.69. The maximum absolute atomic E-state index is 11.1. The predicted molar refractivity (Wildman–Crippen MR) is 55.1 cm³/mol. The van der Waals surface area contributed by atoms with Gasteiger partial charge in [0, 0.05) is 25.7 Å². The van der Waals surface area contributed by atoms with Gasteiger partial charge in [0.05, 0.1) is 19.6 Å². The van der Waals surface area contributed by atoms with Crippen molar-refractivity contribution in [3.63, 3.8) is 0 Å². The average molecular weight is 211 g/mol. The molecule has 1 N–H and O–H groups in total. The van der Waals surface area contributed by atoms with Crippen LogP contribution in [0.4, 0.5) is 0 Å². The fourth-order valence-corrected chi connectivity index (χ4v) is 1.81. The van der Waals surface area contributed by atoms with E-state index in [1.54, 1.807) is 0 Å². The molecule has 1 aliphatic heterocycles. The maximum atomic E-state index is 11.1. The molecule has 84 valence electrons. The fourth-order valence-electron chi connectivity index (χ4n) is 1.81. The smallest absolute Gasteiger partial charge is 0.307 e. The van der Waals surface area contributed by atoms with Crippen molar-refractivity contribution in [1.82, 2.24) is 10.2 Å². The summed E-state index contributed by atoms with van der Waals surface area (Å²) in [7, 11) is 1.38. The third-order valence-corrected chi connectivity index (χ3v) is 2.69. The number of ether oxygens (including phenoxy) is 1. The van der Waals surface area contributed by atoms with E-state index in [2.05, 4.69) is 16.1 Å². The summed E-state index contributed by atoms with van der Waals surface area (Å²) in [6.07, 6.45) is 0.342. The molecule has 0 aromatic rings. The molecular formula is C10H17N3O2. The van der Waals surface area contributed by atoms with Gasteiger partial charge in [0.15, 0.2) is 0 Å². The fraction of sp³-hybridized carbons (Fsp3) is 0.800. The summed E-state index contributed by atoms with van der Waals surface area (Å²) in [5.74, 6) is -0.224. The first-order valence-corrected chi connectivity index (χ1v) is 5.12. The van der Waals surface area contributed by atoms with E-state index in [-0.39, 0.29) is 18.1 Å². The number of methoxy groups -OCH3 is 1. The Morgan fingerprint density at radius 1 is 1.80 bits per heavy atom. The van der Waals surface area contributed by atoms with Gasteiger partial charge >= 0.3 is 5.97 Å². The number of rotatable bonds is 3. The molecule has 1 fully saturated rings. The van der Waals surface area contributed by atoms with E-state index in [0.717, 1.165) is 13.1 Å². The van der Waals surface area contributed by atoms with Crippen LogP contribution in [0.2, 0.25) is 0 Å². The standard InChI is InChI=1S/C10H17N3O2/c1-8(5-10(14)15-2)13-4-3-12-7-9(13)6-11/h8-9,12H,3-5,7H2,1-2H3. The molecule has 2 unspecified atom stereocenters. The number of carbonyl (C=O) groups is 1. The molecule has 5 heteroatoms. The van der Waals surface area contributed by atoms with Crippen LogP contribution in [0.3, 0.4) is 0 Å². The molecule has 0 aromatic heterocycles. The van der Waals surface area contributed by atoms with Crippen molar-refractivity contribution in [2.24, 2.45) is 0 Å². The highest BCUT2D eigenvalue weighted by molar-refractivity contribution is 5.69. The lowest BCUT2D eigenvalue weighted by Crippen LogP contribution is -2.54. The first-order chi connectivity index (χ1) is 7.19. The molecule has 2 atom stereocenters. The van der Waals surface area contributed by atoms with Crippen LogP contribution < -0.4 is 5.32 Å². The topological polar surface area (TPSA) is 65.4 Å². The van der Waals surface area contributed by atoms with Gasteiger partial charge in [0.1, 0.15) is 6.04 Å². The number of nitrogens with one attached hydrogen (secondary N) is 1. The SMILES string of the molecule is COC(=O)CC(C)N1CCNCC1C#N. The maximum Gasteiger partial charge on any atom is 0.307 e. The number of hydrogen-bond acceptors (Lipinski definition) is 5. The van der Waals surface area contributed by atoms with E-state index in [1.807, 2.05) is 11.8 Å². The lowest BCUT2D eigenvalue weighted by atomic mass is 10.1. The van der Waals surface area contributed by atoms with Crippen molar-refractivity contribution in [2.45, 2.75) is 25.4 Å². The number of nitrogens with zero attached hydrogens (tertiary/aromatic N) is 2. The highest BCUT2D eigenvalue weighted by Crippen LogP contribution is 2.11. The van der Waals surface area contributed by atoms with Gasteiger partial charge in [-0.15, -0.1) is 0 Å². The number of hydrogen-bond donors (Lipinski definition) is 1. The van der Waals surface area contributed by atoms with Crippen LogP contribution in [-0.4, -0.2) is 49.7 Å². The van der Waals surface area contributed by atoms with Gasteiger partial charge in [-0.3, -0.25) is 9.69 Å². The zero-order valence-corrected chi connectivity index (χ0v) is 9.19. The Morgan fingerprint density at radius 3 is 3.13 bits per heavy atom. The van der Waals surface area contributed by atoms with Gasteiger partial charge < -0.3 is 10.1 Å². The largest absolute Gasteiger partial charge is 0.469 e. The second-order valence-corrected chi connectivity index (χ2v) is 3.72. The van der Waals surface area contributed by atoms with Crippen molar-refractivity contribution < 1.29 is 9.53 Å². The van der Waals surface area contributed by atoms with Crippen molar-refractivity contribution in [3.8, 4) is 6.07 Å². The minimum atomic E-state index is -0.224. The van der Waals surface area contributed by atoms with Crippen LogP contribution in [-0.2, 0) is 9.53 Å². The second kappa shape index (κ2) is 5.69. The Hall–Kier alpha value is -1.12. The normalized spacial score (nSPS) is 24.2. The zero-order chi connectivity index (χ0) is 11.3. The molecule has 0 aliphatic carbocycles. The number of nitriles is 1. The molecule has 15 heavy (non-hydrogen) atoms. The third kappa shape index (κ3) is 3.18. The Balaban J connectivity index is 2.52. The molecule has 1 heterocycles. The van der Waals surface area contributed by atoms with Gasteiger partial charge in [0.2, 0.25) is 0 Å². The summed E-state index contributed by atoms with van der Waals surface area (Å²) in [4.78, 5) is 13.2. The molecule has 0 bridgehead atoms. The summed E-state index contributed by atoms with van der Waals surface area (Å²) in [5.41, 5.74) is 0. The number of esters is 1. The molecule has 0 radical (unpaired) electrons. The van der Waals surface area contributed by atoms with Crippen molar-refractivity contribution >= 4 is 5.97 Å². The van der Waals surface area contributed by atoms with Gasteiger partial charge in [-0.2, -0.15) is 5.26 Å². The summed E-state index contributed by atoms with van der Waals surface area (Å²) >= 11 is 0. The Morgan fingerprint density at radius 2 is 2.53 bits per heavy atom. The summed E-state index contributed by atoms with van der Waals surface area (Å²) in [6, 6.07) is 2.16. The molecule has 1 saturated heterocycles. The Labute approximate surface area is 90.0 Å². The van der Waals surface area contributed by atoms with E-state index in [9.17, 15) is 4.79 Å². The van der Waals surface area contributed by atoms with Crippen molar-refractivity contribution in [1.29, 1.82) is 5.26 Å². The van der Waals surface area contributed by atoms with Crippen LogP contribution in [0.15, 0.2) is 0 Å². The van der Waals surface area contributed by atoms with E-state index >= 15 is 0 Å². The quantitative estimate of drug-likeness (QED) is 0.651. The molecule has 5 nitrogen and oxygen atoms in total. The molecule has 0 spiro atoms. The molecule has 1 rings (SSSR count). The zero-order valence-electron chi connectivity index (χ0n) is 9.19. The van der Waals surface area contributed by atoms with Crippen LogP contribution in [0.1, 0.15) is 13.3 Å². The van der Waals surface area contributed by atoms with E-state index < -0.39 is 0 Å². The van der Waals surface area contributed by atoms with Crippen LogP contribution in [0.25, 0.3) is 0 Å². The highest BCUT2D eigenvalue weighted by atomic mass is 16.5. The van der Waals surface area contributed by atoms with Gasteiger partial charge in [-0.05, 0) is 6.92 Å². The van der Waals surface area contributed by atoms with E-state index in [1.165, 1.54) is 7.11 Å². The lowest BCUT2D eigenvalue weighted by molar-refractivity contribution is -0.142. The summed E-state index contributed by atoms with van der Waals surface area (Å²) < 4.78 is 4.62. The van der Waals surface area contributed by atoms with Gasteiger partial charge in [-0.25, -0.2) is 0 Å². The van der Waals surface area contributed by atoms with Gasteiger partial charge in [-0.1, -0.05) is 0 Å². The predicted octanol–water partition coefficient (Wildman–Crippen LogP) is -0.265. The molecule has 0 aromatic carbocycles. The molecule has 0 amide bonds. The van der Waals surface area contributed by atoms with Crippen LogP contribution >= 0.6 is 0 Å². The monoisotopic (exact) mass is 211 g/mol.